The number of hydrogen-bond donors (Lipinski definition) is 0. The second-order valence-electron chi connectivity index (χ2n) is 6.05. The van der Waals surface area contributed by atoms with Gasteiger partial charge in [0.25, 0.3) is 0 Å². The molecule has 0 aromatic rings. The van der Waals surface area contributed by atoms with Gasteiger partial charge >= 0.3 is 0 Å². The van der Waals surface area contributed by atoms with Crippen LogP contribution in [0.15, 0.2) is 5.16 Å². The molecule has 0 N–H and O–H groups in total. The Morgan fingerprint density at radius 2 is 2.06 bits per heavy atom. The second-order valence-corrected chi connectivity index (χ2v) is 6.05. The summed E-state index contributed by atoms with van der Waals surface area (Å²) in [7, 11) is 0. The average Bonchev–Trinajstić information content (AvgIpc) is 2.65. The van der Waals surface area contributed by atoms with Gasteiger partial charge in [0.15, 0.2) is 0 Å². The minimum atomic E-state index is 0.0640. The highest BCUT2D eigenvalue weighted by Crippen LogP contribution is 2.35. The maximum Gasteiger partial charge on any atom is 0.145 e. The number of rotatable bonds is 4. The first-order chi connectivity index (χ1) is 8.13. The lowest BCUT2D eigenvalue weighted by Gasteiger charge is -2.37. The molecule has 1 spiro atoms. The van der Waals surface area contributed by atoms with Crippen LogP contribution in [0.25, 0.3) is 0 Å². The normalized spacial score (nSPS) is 24.1. The lowest BCUT2D eigenvalue weighted by molar-refractivity contribution is -0.0613. The van der Waals surface area contributed by atoms with Crippen LogP contribution < -0.4 is 0 Å². The van der Waals surface area contributed by atoms with Crippen LogP contribution in [0.4, 0.5) is 0 Å². The van der Waals surface area contributed by atoms with Crippen molar-refractivity contribution >= 4 is 5.71 Å². The highest BCUT2D eigenvalue weighted by atomic mass is 16.7. The van der Waals surface area contributed by atoms with Gasteiger partial charge in [0, 0.05) is 32.4 Å². The Labute approximate surface area is 105 Å². The third-order valence-corrected chi connectivity index (χ3v) is 3.85. The molecule has 0 aromatic carbocycles. The van der Waals surface area contributed by atoms with Crippen molar-refractivity contribution in [3.63, 3.8) is 0 Å². The predicted molar refractivity (Wildman–Crippen MR) is 71.3 cm³/mol. The topological polar surface area (TPSA) is 24.8 Å². The molecule has 3 heteroatoms. The quantitative estimate of drug-likeness (QED) is 0.752. The van der Waals surface area contributed by atoms with Crippen LogP contribution in [0.2, 0.25) is 0 Å². The zero-order valence-corrected chi connectivity index (χ0v) is 11.5. The van der Waals surface area contributed by atoms with E-state index >= 15 is 0 Å². The van der Waals surface area contributed by atoms with Crippen LogP contribution >= 0.6 is 0 Å². The van der Waals surface area contributed by atoms with Gasteiger partial charge in [0.1, 0.15) is 5.60 Å². The van der Waals surface area contributed by atoms with Gasteiger partial charge in [-0.25, -0.2) is 0 Å². The first-order valence-corrected chi connectivity index (χ1v) is 7.10. The third-order valence-electron chi connectivity index (χ3n) is 3.85. The minimum absolute atomic E-state index is 0.0640. The van der Waals surface area contributed by atoms with E-state index in [1.165, 1.54) is 31.8 Å². The summed E-state index contributed by atoms with van der Waals surface area (Å²) in [6.07, 6.45) is 5.73. The molecule has 0 unspecified atom stereocenters. The monoisotopic (exact) mass is 238 g/mol. The SMILES string of the molecule is CCCN1CCC2(CC1)CC(CC(C)C)=NO2. The summed E-state index contributed by atoms with van der Waals surface area (Å²) in [5.41, 5.74) is 1.35. The summed E-state index contributed by atoms with van der Waals surface area (Å²) in [5.74, 6) is 0.688. The standard InChI is InChI=1S/C14H26N2O/c1-4-7-16-8-5-14(6-9-16)11-13(15-17-14)10-12(2)3/h12H,4-11H2,1-3H3. The van der Waals surface area contributed by atoms with E-state index in [1.807, 2.05) is 0 Å². The van der Waals surface area contributed by atoms with Gasteiger partial charge in [-0.15, -0.1) is 0 Å². The lowest BCUT2D eigenvalue weighted by atomic mass is 9.85. The number of piperidine rings is 1. The molecule has 0 atom stereocenters. The molecule has 0 bridgehead atoms. The molecule has 98 valence electrons. The smallest absolute Gasteiger partial charge is 0.145 e. The Balaban J connectivity index is 1.81. The number of nitrogens with zero attached hydrogens (tertiary/aromatic N) is 2. The van der Waals surface area contributed by atoms with Gasteiger partial charge < -0.3 is 9.74 Å². The van der Waals surface area contributed by atoms with Crippen molar-refractivity contribution in [3.05, 3.63) is 0 Å². The fourth-order valence-corrected chi connectivity index (χ4v) is 2.95. The number of hydrogen-bond acceptors (Lipinski definition) is 3. The summed E-state index contributed by atoms with van der Waals surface area (Å²) in [5, 5.41) is 4.32. The van der Waals surface area contributed by atoms with Gasteiger partial charge in [0.2, 0.25) is 0 Å². The van der Waals surface area contributed by atoms with E-state index in [4.69, 9.17) is 4.84 Å². The van der Waals surface area contributed by atoms with Gasteiger partial charge in [0.05, 0.1) is 5.71 Å². The maximum absolute atomic E-state index is 5.78. The van der Waals surface area contributed by atoms with E-state index in [0.29, 0.717) is 5.92 Å². The molecule has 17 heavy (non-hydrogen) atoms. The molecule has 3 nitrogen and oxygen atoms in total. The molecule has 0 saturated carbocycles. The second kappa shape index (κ2) is 5.38. The Bertz CT molecular complexity index is 278. The molecule has 0 aliphatic carbocycles. The van der Waals surface area contributed by atoms with Crippen LogP contribution in [0.3, 0.4) is 0 Å². The van der Waals surface area contributed by atoms with E-state index in [9.17, 15) is 0 Å². The highest BCUT2D eigenvalue weighted by molar-refractivity contribution is 5.86. The van der Waals surface area contributed by atoms with Crippen molar-refractivity contribution in [3.8, 4) is 0 Å². The Morgan fingerprint density at radius 3 is 2.65 bits per heavy atom. The lowest BCUT2D eigenvalue weighted by Crippen LogP contribution is -2.44. The molecule has 2 heterocycles. The molecule has 0 radical (unpaired) electrons. The first-order valence-electron chi connectivity index (χ1n) is 7.10. The van der Waals surface area contributed by atoms with Crippen molar-refractivity contribution < 1.29 is 4.84 Å². The van der Waals surface area contributed by atoms with E-state index in [0.717, 1.165) is 25.7 Å². The predicted octanol–water partition coefficient (Wildman–Crippen LogP) is 3.05. The molecule has 0 amide bonds. The van der Waals surface area contributed by atoms with E-state index in [2.05, 4.69) is 30.8 Å². The van der Waals surface area contributed by atoms with Crippen LogP contribution in [0.5, 0.6) is 0 Å². The fourth-order valence-electron chi connectivity index (χ4n) is 2.95. The zero-order valence-electron chi connectivity index (χ0n) is 11.5. The van der Waals surface area contributed by atoms with Crippen LogP contribution in [-0.2, 0) is 4.84 Å². The largest absolute Gasteiger partial charge is 0.389 e. The molecular formula is C14H26N2O. The van der Waals surface area contributed by atoms with Crippen molar-refractivity contribution in [1.29, 1.82) is 0 Å². The highest BCUT2D eigenvalue weighted by Gasteiger charge is 2.41. The Morgan fingerprint density at radius 1 is 1.35 bits per heavy atom. The maximum atomic E-state index is 5.78. The summed E-state index contributed by atoms with van der Waals surface area (Å²) in [4.78, 5) is 8.33. The summed E-state index contributed by atoms with van der Waals surface area (Å²) < 4.78 is 0. The Hall–Kier alpha value is -0.570. The van der Waals surface area contributed by atoms with E-state index in [1.54, 1.807) is 0 Å². The molecule has 1 saturated heterocycles. The molecule has 2 aliphatic rings. The molecular weight excluding hydrogens is 212 g/mol. The minimum Gasteiger partial charge on any atom is -0.389 e. The molecule has 2 rings (SSSR count). The third kappa shape index (κ3) is 3.21. The van der Waals surface area contributed by atoms with Crippen molar-refractivity contribution in [2.24, 2.45) is 11.1 Å². The summed E-state index contributed by atoms with van der Waals surface area (Å²) in [6, 6.07) is 0. The van der Waals surface area contributed by atoms with Crippen molar-refractivity contribution in [2.45, 2.75) is 58.5 Å². The fraction of sp³-hybridized carbons (Fsp3) is 0.929. The average molecular weight is 238 g/mol. The van der Waals surface area contributed by atoms with Gasteiger partial charge in [-0.3, -0.25) is 0 Å². The van der Waals surface area contributed by atoms with Crippen LogP contribution in [-0.4, -0.2) is 35.8 Å². The number of oxime groups is 1. The van der Waals surface area contributed by atoms with Gasteiger partial charge in [-0.2, -0.15) is 0 Å². The molecule has 0 aromatic heterocycles. The number of likely N-dealkylation sites (tertiary alicyclic amines) is 1. The molecule has 1 fully saturated rings. The van der Waals surface area contributed by atoms with E-state index in [-0.39, 0.29) is 5.60 Å². The first kappa shape index (κ1) is 12.9. The van der Waals surface area contributed by atoms with Crippen molar-refractivity contribution in [2.75, 3.05) is 19.6 Å². The Kier molecular flexibility index (Phi) is 4.08. The van der Waals surface area contributed by atoms with Crippen LogP contribution in [0.1, 0.15) is 52.9 Å². The van der Waals surface area contributed by atoms with Gasteiger partial charge in [-0.05, 0) is 25.3 Å². The van der Waals surface area contributed by atoms with Crippen molar-refractivity contribution in [1.82, 2.24) is 4.90 Å². The zero-order chi connectivity index (χ0) is 12.3. The van der Waals surface area contributed by atoms with Crippen LogP contribution in [0, 0.1) is 5.92 Å². The summed E-state index contributed by atoms with van der Waals surface area (Å²) in [6.45, 7) is 10.3. The summed E-state index contributed by atoms with van der Waals surface area (Å²) >= 11 is 0. The van der Waals surface area contributed by atoms with Gasteiger partial charge in [-0.1, -0.05) is 25.9 Å². The molecule has 2 aliphatic heterocycles. The van der Waals surface area contributed by atoms with E-state index < -0.39 is 0 Å².